The lowest BCUT2D eigenvalue weighted by Gasteiger charge is -2.27. The Morgan fingerprint density at radius 1 is 1.35 bits per heavy atom. The Morgan fingerprint density at radius 3 is 2.71 bits per heavy atom. The normalized spacial score (nSPS) is 25.4. The molecule has 17 heavy (non-hydrogen) atoms. The molecule has 1 aromatic rings. The van der Waals surface area contributed by atoms with Gasteiger partial charge in [0.15, 0.2) is 9.84 Å². The van der Waals surface area contributed by atoms with Gasteiger partial charge in [-0.3, -0.25) is 0 Å². The topological polar surface area (TPSA) is 80.4 Å². The van der Waals surface area contributed by atoms with E-state index in [4.69, 9.17) is 5.73 Å². The van der Waals surface area contributed by atoms with Crippen molar-refractivity contribution in [3.63, 3.8) is 0 Å². The van der Waals surface area contributed by atoms with Crippen LogP contribution in [-0.4, -0.2) is 25.0 Å². The highest BCUT2D eigenvalue weighted by molar-refractivity contribution is 7.91. The zero-order valence-corrected chi connectivity index (χ0v) is 10.4. The van der Waals surface area contributed by atoms with E-state index < -0.39 is 15.9 Å². The van der Waals surface area contributed by atoms with Gasteiger partial charge in [0.1, 0.15) is 0 Å². The molecular formula is C12H17NO3S. The van der Waals surface area contributed by atoms with Crippen molar-refractivity contribution >= 4 is 15.5 Å². The minimum atomic E-state index is -3.00. The fourth-order valence-electron chi connectivity index (χ4n) is 2.34. The molecule has 1 fully saturated rings. The largest absolute Gasteiger partial charge is 0.398 e. The zero-order valence-electron chi connectivity index (χ0n) is 9.54. The molecule has 0 spiro atoms. The number of nitrogen functional groups attached to an aromatic ring is 1. The molecular weight excluding hydrogens is 238 g/mol. The summed E-state index contributed by atoms with van der Waals surface area (Å²) in [5.41, 5.74) is 6.94. The van der Waals surface area contributed by atoms with Crippen LogP contribution in [0.15, 0.2) is 24.3 Å². The predicted molar refractivity (Wildman–Crippen MR) is 67.2 cm³/mol. The zero-order chi connectivity index (χ0) is 12.5. The molecule has 2 rings (SSSR count). The Morgan fingerprint density at radius 2 is 2.06 bits per heavy atom. The Labute approximate surface area is 101 Å². The second-order valence-corrected chi connectivity index (χ2v) is 6.82. The Balaban J connectivity index is 2.21. The maximum absolute atomic E-state index is 11.5. The Hall–Kier alpha value is -1.07. The van der Waals surface area contributed by atoms with Crippen LogP contribution in [0.3, 0.4) is 0 Å². The van der Waals surface area contributed by atoms with Gasteiger partial charge < -0.3 is 10.8 Å². The lowest BCUT2D eigenvalue weighted by atomic mass is 9.92. The molecule has 1 aliphatic heterocycles. The highest BCUT2D eigenvalue weighted by Gasteiger charge is 2.31. The van der Waals surface area contributed by atoms with Crippen molar-refractivity contribution in [3.05, 3.63) is 29.8 Å². The van der Waals surface area contributed by atoms with Gasteiger partial charge in [-0.1, -0.05) is 18.2 Å². The standard InChI is InChI=1S/C12H17NO3S/c13-11-6-2-1-5-10(11)12(14)9-4-3-7-17(15,16)8-9/h1-2,5-6,9,12,14H,3-4,7-8,13H2. The monoisotopic (exact) mass is 255 g/mol. The summed E-state index contributed by atoms with van der Waals surface area (Å²) in [5, 5.41) is 10.2. The highest BCUT2D eigenvalue weighted by Crippen LogP contribution is 2.33. The third kappa shape index (κ3) is 2.79. The molecule has 94 valence electrons. The summed E-state index contributed by atoms with van der Waals surface area (Å²) in [5.74, 6) is 0.0571. The SMILES string of the molecule is Nc1ccccc1C(O)C1CCCS(=O)(=O)C1. The third-order valence-corrected chi connectivity index (χ3v) is 5.11. The first kappa shape index (κ1) is 12.4. The van der Waals surface area contributed by atoms with Crippen LogP contribution in [-0.2, 0) is 9.84 Å². The van der Waals surface area contributed by atoms with Gasteiger partial charge in [-0.2, -0.15) is 0 Å². The summed E-state index contributed by atoms with van der Waals surface area (Å²) >= 11 is 0. The summed E-state index contributed by atoms with van der Waals surface area (Å²) in [7, 11) is -3.00. The molecule has 0 radical (unpaired) electrons. The number of rotatable bonds is 2. The summed E-state index contributed by atoms with van der Waals surface area (Å²) in [4.78, 5) is 0. The van der Waals surface area contributed by atoms with E-state index in [1.165, 1.54) is 0 Å². The predicted octanol–water partition coefficient (Wildman–Crippen LogP) is 1.13. The average molecular weight is 255 g/mol. The maximum Gasteiger partial charge on any atom is 0.150 e. The maximum atomic E-state index is 11.5. The van der Waals surface area contributed by atoms with Crippen LogP contribution in [0, 0.1) is 5.92 Å². The first-order valence-electron chi connectivity index (χ1n) is 5.72. The molecule has 0 aromatic heterocycles. The van der Waals surface area contributed by atoms with E-state index in [1.807, 2.05) is 0 Å². The number of aliphatic hydroxyl groups is 1. The molecule has 4 nitrogen and oxygen atoms in total. The van der Waals surface area contributed by atoms with Crippen molar-refractivity contribution in [2.75, 3.05) is 17.2 Å². The molecule has 5 heteroatoms. The van der Waals surface area contributed by atoms with Crippen LogP contribution in [0.25, 0.3) is 0 Å². The Bertz CT molecular complexity index is 498. The Kier molecular flexibility index (Phi) is 3.40. The van der Waals surface area contributed by atoms with Crippen LogP contribution in [0.5, 0.6) is 0 Å². The molecule has 0 amide bonds. The van der Waals surface area contributed by atoms with Gasteiger partial charge in [0, 0.05) is 17.2 Å². The number of benzene rings is 1. The van der Waals surface area contributed by atoms with Gasteiger partial charge in [0.05, 0.1) is 17.6 Å². The van der Waals surface area contributed by atoms with Gasteiger partial charge in [-0.25, -0.2) is 8.42 Å². The van der Waals surface area contributed by atoms with Crippen LogP contribution in [0.2, 0.25) is 0 Å². The van der Waals surface area contributed by atoms with Gasteiger partial charge in [0.2, 0.25) is 0 Å². The molecule has 2 unspecified atom stereocenters. The smallest absolute Gasteiger partial charge is 0.150 e. The van der Waals surface area contributed by atoms with Crippen molar-refractivity contribution < 1.29 is 13.5 Å². The number of sulfone groups is 1. The lowest BCUT2D eigenvalue weighted by molar-refractivity contribution is 0.112. The third-order valence-electron chi connectivity index (χ3n) is 3.26. The molecule has 0 saturated carbocycles. The molecule has 1 aromatic carbocycles. The second kappa shape index (κ2) is 4.66. The number of aliphatic hydroxyl groups excluding tert-OH is 1. The van der Waals surface area contributed by atoms with Gasteiger partial charge in [-0.05, 0) is 18.9 Å². The minimum Gasteiger partial charge on any atom is -0.398 e. The van der Waals surface area contributed by atoms with E-state index in [0.29, 0.717) is 17.7 Å². The number of hydrogen-bond donors (Lipinski definition) is 2. The highest BCUT2D eigenvalue weighted by atomic mass is 32.2. The van der Waals surface area contributed by atoms with Gasteiger partial charge in [-0.15, -0.1) is 0 Å². The number of nitrogens with two attached hydrogens (primary N) is 1. The van der Waals surface area contributed by atoms with Gasteiger partial charge >= 0.3 is 0 Å². The van der Waals surface area contributed by atoms with Gasteiger partial charge in [0.25, 0.3) is 0 Å². The summed E-state index contributed by atoms with van der Waals surface area (Å²) in [6.07, 6.45) is 0.567. The number of anilines is 1. The fourth-order valence-corrected chi connectivity index (χ4v) is 4.12. The van der Waals surface area contributed by atoms with Crippen LogP contribution < -0.4 is 5.73 Å². The molecule has 3 N–H and O–H groups in total. The van der Waals surface area contributed by atoms with Crippen LogP contribution in [0.1, 0.15) is 24.5 Å². The molecule has 1 saturated heterocycles. The van der Waals surface area contributed by atoms with Crippen molar-refractivity contribution in [1.29, 1.82) is 0 Å². The van der Waals surface area contributed by atoms with E-state index >= 15 is 0 Å². The molecule has 1 heterocycles. The van der Waals surface area contributed by atoms with Crippen molar-refractivity contribution in [2.24, 2.45) is 5.92 Å². The quantitative estimate of drug-likeness (QED) is 0.776. The molecule has 1 aliphatic rings. The summed E-state index contributed by atoms with van der Waals surface area (Å²) < 4.78 is 23.1. The molecule has 2 atom stereocenters. The molecule has 0 aliphatic carbocycles. The number of hydrogen-bond acceptors (Lipinski definition) is 4. The lowest BCUT2D eigenvalue weighted by Crippen LogP contribution is -2.29. The van der Waals surface area contributed by atoms with E-state index in [2.05, 4.69) is 0 Å². The summed E-state index contributed by atoms with van der Waals surface area (Å²) in [6.45, 7) is 0. The second-order valence-electron chi connectivity index (χ2n) is 4.59. The van der Waals surface area contributed by atoms with E-state index in [0.717, 1.165) is 6.42 Å². The summed E-state index contributed by atoms with van der Waals surface area (Å²) in [6, 6.07) is 7.06. The van der Waals surface area contributed by atoms with Crippen LogP contribution in [0.4, 0.5) is 5.69 Å². The van der Waals surface area contributed by atoms with Crippen molar-refractivity contribution in [1.82, 2.24) is 0 Å². The van der Waals surface area contributed by atoms with E-state index in [9.17, 15) is 13.5 Å². The number of para-hydroxylation sites is 1. The van der Waals surface area contributed by atoms with Crippen LogP contribution >= 0.6 is 0 Å². The first-order chi connectivity index (χ1) is 7.99. The van der Waals surface area contributed by atoms with E-state index in [1.54, 1.807) is 24.3 Å². The van der Waals surface area contributed by atoms with E-state index in [-0.39, 0.29) is 17.4 Å². The minimum absolute atomic E-state index is 0.0580. The fraction of sp³-hybridized carbons (Fsp3) is 0.500. The van der Waals surface area contributed by atoms with Crippen molar-refractivity contribution in [3.8, 4) is 0 Å². The van der Waals surface area contributed by atoms with Crippen molar-refractivity contribution in [2.45, 2.75) is 18.9 Å². The molecule has 0 bridgehead atoms. The average Bonchev–Trinajstić information content (AvgIpc) is 2.27. The first-order valence-corrected chi connectivity index (χ1v) is 7.54.